The van der Waals surface area contributed by atoms with Crippen molar-refractivity contribution in [1.82, 2.24) is 19.4 Å². The molecule has 0 amide bonds. The van der Waals surface area contributed by atoms with Gasteiger partial charge in [-0.05, 0) is 81.6 Å². The molecule has 9 nitrogen and oxygen atoms in total. The van der Waals surface area contributed by atoms with E-state index < -0.39 is 17.6 Å². The first-order valence-corrected chi connectivity index (χ1v) is 15.0. The molecule has 0 radical (unpaired) electrons. The van der Waals surface area contributed by atoms with Crippen molar-refractivity contribution in [2.75, 3.05) is 19.7 Å². The number of para-hydroxylation sites is 1. The summed E-state index contributed by atoms with van der Waals surface area (Å²) in [6.45, 7) is 6.84. The van der Waals surface area contributed by atoms with Gasteiger partial charge < -0.3 is 23.9 Å². The van der Waals surface area contributed by atoms with Crippen LogP contribution in [0.1, 0.15) is 72.5 Å². The number of hydrogen-bond donors (Lipinski definition) is 1. The average Bonchev–Trinajstić information content (AvgIpc) is 3.51. The summed E-state index contributed by atoms with van der Waals surface area (Å²) >= 11 is 5.98. The number of pyridine rings is 1. The molecule has 3 aliphatic rings. The number of carboxylic acid groups (broad SMARTS) is 1. The highest BCUT2D eigenvalue weighted by molar-refractivity contribution is 6.30. The molecule has 43 heavy (non-hydrogen) atoms. The van der Waals surface area contributed by atoms with Gasteiger partial charge in [0.1, 0.15) is 17.2 Å². The Morgan fingerprint density at radius 2 is 1.93 bits per heavy atom. The van der Waals surface area contributed by atoms with E-state index in [1.807, 2.05) is 16.7 Å². The minimum absolute atomic E-state index is 0.000291. The Morgan fingerprint density at radius 3 is 2.63 bits per heavy atom. The fraction of sp³-hybridized carbons (Fsp3) is 0.406. The van der Waals surface area contributed by atoms with Gasteiger partial charge in [0.25, 0.3) is 5.79 Å². The maximum atomic E-state index is 14.8. The van der Waals surface area contributed by atoms with E-state index in [-0.39, 0.29) is 23.8 Å². The third-order valence-corrected chi connectivity index (χ3v) is 9.18. The van der Waals surface area contributed by atoms with Crippen molar-refractivity contribution in [2.45, 2.75) is 63.5 Å². The van der Waals surface area contributed by atoms with Crippen LogP contribution in [0.5, 0.6) is 11.5 Å². The highest BCUT2D eigenvalue weighted by Crippen LogP contribution is 2.50. The normalized spacial score (nSPS) is 22.9. The van der Waals surface area contributed by atoms with E-state index in [4.69, 9.17) is 30.8 Å². The number of nitrogens with zero attached hydrogens (tertiary/aromatic N) is 4. The predicted octanol–water partition coefficient (Wildman–Crippen LogP) is 6.30. The molecule has 224 valence electrons. The van der Waals surface area contributed by atoms with Gasteiger partial charge >= 0.3 is 5.97 Å². The number of aromatic carboxylic acids is 1. The fourth-order valence-electron chi connectivity index (χ4n) is 6.47. The summed E-state index contributed by atoms with van der Waals surface area (Å²) in [5.74, 6) is -0.472. The van der Waals surface area contributed by atoms with E-state index in [1.54, 1.807) is 25.1 Å². The number of rotatable bonds is 7. The van der Waals surface area contributed by atoms with Gasteiger partial charge in [-0.15, -0.1) is 0 Å². The zero-order chi connectivity index (χ0) is 29.9. The first-order chi connectivity index (χ1) is 20.7. The number of fused-ring (bicyclic) bond motifs is 2. The second kappa shape index (κ2) is 10.8. The molecule has 0 aliphatic carbocycles. The molecule has 2 aromatic carbocycles. The number of piperidine rings is 1. The Hall–Kier alpha value is -3.73. The summed E-state index contributed by atoms with van der Waals surface area (Å²) < 4.78 is 35.1. The molecule has 0 spiro atoms. The molecular weight excluding hydrogens is 575 g/mol. The van der Waals surface area contributed by atoms with Crippen molar-refractivity contribution in [1.29, 1.82) is 0 Å². The lowest BCUT2D eigenvalue weighted by Gasteiger charge is -2.36. The summed E-state index contributed by atoms with van der Waals surface area (Å²) in [5, 5.41) is 9.83. The molecule has 3 aliphatic heterocycles. The highest BCUT2D eigenvalue weighted by atomic mass is 35.5. The van der Waals surface area contributed by atoms with Crippen molar-refractivity contribution >= 4 is 28.7 Å². The van der Waals surface area contributed by atoms with E-state index in [9.17, 15) is 14.3 Å². The van der Waals surface area contributed by atoms with Gasteiger partial charge in [-0.3, -0.25) is 4.90 Å². The first-order valence-electron chi connectivity index (χ1n) is 14.6. The minimum atomic E-state index is -1.29. The third kappa shape index (κ3) is 5.01. The third-order valence-electron chi connectivity index (χ3n) is 8.94. The van der Waals surface area contributed by atoms with Gasteiger partial charge in [-0.2, -0.15) is 0 Å². The standard InChI is InChI=1S/C32H32ClFN4O5/c1-18(29-35-25-8-9-26(31(39)40)36-30(25)38(29)17-21-12-15-41-21)37-13-10-19(11-14-37)22-4-3-5-27-28(22)43-32(2,42-27)23-7-6-20(33)16-24(23)34/h3-9,16,18-19,21H,10-15,17H2,1-2H3,(H,39,40)/t18-,21-,32?/m0/s1. The Balaban J connectivity index is 1.10. The second-order valence-electron chi connectivity index (χ2n) is 11.6. The monoisotopic (exact) mass is 606 g/mol. The van der Waals surface area contributed by atoms with Gasteiger partial charge in [0.05, 0.1) is 24.3 Å². The highest BCUT2D eigenvalue weighted by Gasteiger charge is 2.43. The molecule has 4 aromatic rings. The maximum absolute atomic E-state index is 14.8. The number of likely N-dealkylation sites (tertiary alicyclic amines) is 1. The summed E-state index contributed by atoms with van der Waals surface area (Å²) in [4.78, 5) is 23.4. The van der Waals surface area contributed by atoms with E-state index in [1.165, 1.54) is 12.1 Å². The summed E-state index contributed by atoms with van der Waals surface area (Å²) in [7, 11) is 0. The van der Waals surface area contributed by atoms with Crippen LogP contribution in [0.4, 0.5) is 4.39 Å². The number of imidazole rings is 1. The number of ether oxygens (including phenoxy) is 3. The predicted molar refractivity (Wildman–Crippen MR) is 157 cm³/mol. The topological polar surface area (TPSA) is 98.9 Å². The number of hydrogen-bond acceptors (Lipinski definition) is 7. The molecule has 5 heterocycles. The van der Waals surface area contributed by atoms with Crippen LogP contribution in [-0.4, -0.2) is 56.3 Å². The number of carbonyl (C=O) groups is 1. The number of benzene rings is 2. The molecule has 11 heteroatoms. The van der Waals surface area contributed by atoms with Crippen molar-refractivity contribution in [3.8, 4) is 11.5 Å². The van der Waals surface area contributed by atoms with Crippen molar-refractivity contribution < 1.29 is 28.5 Å². The quantitative estimate of drug-likeness (QED) is 0.262. The maximum Gasteiger partial charge on any atom is 0.354 e. The van der Waals surface area contributed by atoms with Crippen LogP contribution in [0.2, 0.25) is 5.02 Å². The molecule has 3 atom stereocenters. The minimum Gasteiger partial charge on any atom is -0.477 e. The molecule has 0 saturated carbocycles. The van der Waals surface area contributed by atoms with Crippen molar-refractivity contribution in [3.05, 3.63) is 82.0 Å². The summed E-state index contributed by atoms with van der Waals surface area (Å²) in [5.41, 5.74) is 2.60. The zero-order valence-electron chi connectivity index (χ0n) is 23.9. The Morgan fingerprint density at radius 1 is 1.14 bits per heavy atom. The van der Waals surface area contributed by atoms with E-state index in [0.29, 0.717) is 39.8 Å². The van der Waals surface area contributed by atoms with Crippen LogP contribution < -0.4 is 9.47 Å². The lowest BCUT2D eigenvalue weighted by molar-refractivity contribution is -0.0712. The molecule has 2 fully saturated rings. The molecule has 1 N–H and O–H groups in total. The molecule has 2 aromatic heterocycles. The smallest absolute Gasteiger partial charge is 0.354 e. The van der Waals surface area contributed by atoms with Crippen molar-refractivity contribution in [2.24, 2.45) is 0 Å². The van der Waals surface area contributed by atoms with E-state index in [0.717, 1.165) is 50.3 Å². The van der Waals surface area contributed by atoms with Crippen molar-refractivity contribution in [3.63, 3.8) is 0 Å². The average molecular weight is 607 g/mol. The largest absolute Gasteiger partial charge is 0.477 e. The Labute approximate surface area is 253 Å². The van der Waals surface area contributed by atoms with Gasteiger partial charge in [-0.1, -0.05) is 23.7 Å². The lowest BCUT2D eigenvalue weighted by Crippen LogP contribution is -2.37. The Bertz CT molecular complexity index is 1720. The SMILES string of the molecule is C[C@@H](c1nc2ccc(C(=O)O)nc2n1C[C@@H]1CCO1)N1CCC(c2cccc3c2OC(C)(c2ccc(Cl)cc2F)O3)CC1. The molecule has 7 rings (SSSR count). The van der Waals surface area contributed by atoms with Gasteiger partial charge in [-0.25, -0.2) is 19.2 Å². The van der Waals surface area contributed by atoms with Crippen LogP contribution in [0, 0.1) is 5.82 Å². The molecule has 0 bridgehead atoms. The summed E-state index contributed by atoms with van der Waals surface area (Å²) in [6.07, 6.45) is 2.81. The van der Waals surface area contributed by atoms with Crippen LogP contribution in [0.3, 0.4) is 0 Å². The number of halogens is 2. The Kier molecular flexibility index (Phi) is 7.03. The first kappa shape index (κ1) is 28.1. The molecule has 1 unspecified atom stereocenters. The van der Waals surface area contributed by atoms with Crippen LogP contribution in [0.25, 0.3) is 11.2 Å². The zero-order valence-corrected chi connectivity index (χ0v) is 24.7. The molecular formula is C32H32ClFN4O5. The van der Waals surface area contributed by atoms with E-state index >= 15 is 0 Å². The van der Waals surface area contributed by atoms with Crippen LogP contribution in [-0.2, 0) is 17.1 Å². The van der Waals surface area contributed by atoms with Crippen LogP contribution >= 0.6 is 11.6 Å². The number of aromatic nitrogens is 3. The van der Waals surface area contributed by atoms with Gasteiger partial charge in [0.2, 0.25) is 0 Å². The fourth-order valence-corrected chi connectivity index (χ4v) is 6.63. The van der Waals surface area contributed by atoms with E-state index in [2.05, 4.69) is 22.9 Å². The second-order valence-corrected chi connectivity index (χ2v) is 12.1. The molecule has 2 saturated heterocycles. The van der Waals surface area contributed by atoms with Gasteiger partial charge in [0, 0.05) is 24.1 Å². The van der Waals surface area contributed by atoms with Gasteiger partial charge in [0.15, 0.2) is 22.8 Å². The summed E-state index contributed by atoms with van der Waals surface area (Å²) in [6, 6.07) is 13.6. The van der Waals surface area contributed by atoms with Crippen LogP contribution in [0.15, 0.2) is 48.5 Å². The number of carboxylic acids is 1. The lowest BCUT2D eigenvalue weighted by atomic mass is 9.88.